The van der Waals surface area contributed by atoms with Crippen molar-refractivity contribution in [2.75, 3.05) is 13.7 Å². The van der Waals surface area contributed by atoms with Crippen LogP contribution in [0.4, 0.5) is 0 Å². The van der Waals surface area contributed by atoms with E-state index in [1.807, 2.05) is 7.11 Å². The molecule has 1 saturated carbocycles. The number of methoxy groups -OCH3 is 1. The molecule has 0 bridgehead atoms. The zero-order valence-corrected chi connectivity index (χ0v) is 17.0. The third kappa shape index (κ3) is 3.21. The van der Waals surface area contributed by atoms with Crippen molar-refractivity contribution < 1.29 is 13.9 Å². The van der Waals surface area contributed by atoms with E-state index in [0.29, 0.717) is 12.5 Å². The molecule has 1 unspecified atom stereocenters. The Labute approximate surface area is 147 Å². The van der Waals surface area contributed by atoms with Gasteiger partial charge in [0.1, 0.15) is 11.7 Å². The van der Waals surface area contributed by atoms with E-state index in [4.69, 9.17) is 13.9 Å². The van der Waals surface area contributed by atoms with Crippen molar-refractivity contribution in [2.45, 2.75) is 70.1 Å². The molecule has 4 heteroatoms. The average molecular weight is 349 g/mol. The Hall–Kier alpha value is -0.683. The molecule has 2 atom stereocenters. The van der Waals surface area contributed by atoms with Crippen LogP contribution in [0.3, 0.4) is 0 Å². The Kier molecular flexibility index (Phi) is 4.71. The molecule has 1 aliphatic heterocycles. The number of epoxide rings is 1. The van der Waals surface area contributed by atoms with Gasteiger partial charge in [-0.2, -0.15) is 0 Å². The smallest absolute Gasteiger partial charge is 0.192 e. The molecule has 0 spiro atoms. The maximum absolute atomic E-state index is 6.50. The van der Waals surface area contributed by atoms with Gasteiger partial charge in [-0.25, -0.2) is 0 Å². The summed E-state index contributed by atoms with van der Waals surface area (Å²) in [4.78, 5) is 0. The van der Waals surface area contributed by atoms with Crippen molar-refractivity contribution in [3.05, 3.63) is 35.4 Å². The van der Waals surface area contributed by atoms with Gasteiger partial charge in [0.05, 0.1) is 13.2 Å². The lowest BCUT2D eigenvalue weighted by atomic mass is 9.82. The summed E-state index contributed by atoms with van der Waals surface area (Å²) in [5.74, 6) is 0.573. The lowest BCUT2D eigenvalue weighted by Gasteiger charge is -2.38. The number of benzene rings is 1. The third-order valence-electron chi connectivity index (χ3n) is 6.17. The maximum Gasteiger partial charge on any atom is 0.192 e. The zero-order chi connectivity index (χ0) is 17.6. The van der Waals surface area contributed by atoms with E-state index < -0.39 is 8.32 Å². The van der Waals surface area contributed by atoms with Gasteiger partial charge in [-0.15, -0.1) is 0 Å². The van der Waals surface area contributed by atoms with Crippen LogP contribution in [0.2, 0.25) is 18.1 Å². The van der Waals surface area contributed by atoms with Crippen molar-refractivity contribution >= 4 is 8.32 Å². The summed E-state index contributed by atoms with van der Waals surface area (Å²) in [5.41, 5.74) is 2.25. The fourth-order valence-corrected chi connectivity index (χ4v) is 4.32. The fourth-order valence-electron chi connectivity index (χ4n) is 3.37. The molecule has 3 nitrogen and oxygen atoms in total. The molecule has 1 heterocycles. The van der Waals surface area contributed by atoms with Crippen LogP contribution in [0.25, 0.3) is 0 Å². The Balaban J connectivity index is 1.88. The standard InChI is InChI=1S/C20H32O3Si/c1-19(2,3)24(5,6)23-13-15-9-7-8-10-17(15)20(21-4,16-11-12-16)18-14-22-18/h7-10,16,18H,11-14H2,1-6H3/t18-,20?/m1/s1. The quantitative estimate of drug-likeness (QED) is 0.521. The predicted octanol–water partition coefficient (Wildman–Crippen LogP) is 4.86. The normalized spacial score (nSPS) is 23.8. The lowest BCUT2D eigenvalue weighted by molar-refractivity contribution is -0.0573. The summed E-state index contributed by atoms with van der Waals surface area (Å²) in [7, 11) is 0.0637. The van der Waals surface area contributed by atoms with Gasteiger partial charge in [0, 0.05) is 7.11 Å². The molecule has 2 aliphatic rings. The molecule has 0 N–H and O–H groups in total. The van der Waals surface area contributed by atoms with Gasteiger partial charge >= 0.3 is 0 Å². The third-order valence-corrected chi connectivity index (χ3v) is 10.6. The molecule has 1 aliphatic carbocycles. The van der Waals surface area contributed by atoms with Gasteiger partial charge in [-0.05, 0) is 48.0 Å². The lowest BCUT2D eigenvalue weighted by Crippen LogP contribution is -2.41. The van der Waals surface area contributed by atoms with E-state index in [1.165, 1.54) is 24.0 Å². The fraction of sp³-hybridized carbons (Fsp3) is 0.700. The van der Waals surface area contributed by atoms with E-state index in [9.17, 15) is 0 Å². The predicted molar refractivity (Wildman–Crippen MR) is 99.6 cm³/mol. The molecule has 0 amide bonds. The van der Waals surface area contributed by atoms with E-state index in [-0.39, 0.29) is 16.7 Å². The van der Waals surface area contributed by atoms with Crippen LogP contribution in [0.5, 0.6) is 0 Å². The van der Waals surface area contributed by atoms with Gasteiger partial charge in [0.15, 0.2) is 8.32 Å². The van der Waals surface area contributed by atoms with Crippen molar-refractivity contribution in [1.29, 1.82) is 0 Å². The molecule has 1 saturated heterocycles. The number of rotatable bonds is 7. The first-order valence-corrected chi connectivity index (χ1v) is 12.0. The van der Waals surface area contributed by atoms with Crippen LogP contribution in [-0.2, 0) is 26.1 Å². The largest absolute Gasteiger partial charge is 0.413 e. The number of hydrogen-bond donors (Lipinski definition) is 0. The molecular weight excluding hydrogens is 316 g/mol. The second-order valence-electron chi connectivity index (χ2n) is 8.80. The Morgan fingerprint density at radius 1 is 1.17 bits per heavy atom. The summed E-state index contributed by atoms with van der Waals surface area (Å²) in [5, 5.41) is 0.219. The van der Waals surface area contributed by atoms with Crippen LogP contribution in [-0.4, -0.2) is 28.1 Å². The molecule has 3 rings (SSSR count). The minimum atomic E-state index is -1.78. The molecule has 1 aromatic carbocycles. The van der Waals surface area contributed by atoms with Gasteiger partial charge in [0.25, 0.3) is 0 Å². The summed E-state index contributed by atoms with van der Waals surface area (Å²) >= 11 is 0. The second kappa shape index (κ2) is 6.24. The summed E-state index contributed by atoms with van der Waals surface area (Å²) in [6, 6.07) is 8.63. The highest BCUT2D eigenvalue weighted by atomic mass is 28.4. The van der Waals surface area contributed by atoms with E-state index >= 15 is 0 Å². The SMILES string of the molecule is COC(c1ccccc1CO[Si](C)(C)C(C)(C)C)(C1CC1)[C@H]1CO1. The van der Waals surface area contributed by atoms with Crippen molar-refractivity contribution in [1.82, 2.24) is 0 Å². The summed E-state index contributed by atoms with van der Waals surface area (Å²) in [6.45, 7) is 12.9. The Morgan fingerprint density at radius 3 is 2.29 bits per heavy atom. The first-order valence-electron chi connectivity index (χ1n) is 9.11. The van der Waals surface area contributed by atoms with E-state index in [1.54, 1.807) is 0 Å². The van der Waals surface area contributed by atoms with Crippen molar-refractivity contribution in [2.24, 2.45) is 5.92 Å². The molecule has 24 heavy (non-hydrogen) atoms. The molecule has 0 aromatic heterocycles. The minimum absolute atomic E-state index is 0.198. The average Bonchev–Trinajstić information content (AvgIpc) is 3.38. The highest BCUT2D eigenvalue weighted by Gasteiger charge is 2.58. The van der Waals surface area contributed by atoms with Crippen LogP contribution in [0.1, 0.15) is 44.7 Å². The van der Waals surface area contributed by atoms with Crippen LogP contribution < -0.4 is 0 Å². The Morgan fingerprint density at radius 2 is 1.79 bits per heavy atom. The molecule has 0 radical (unpaired) electrons. The molecular formula is C20H32O3Si. The minimum Gasteiger partial charge on any atom is -0.413 e. The highest BCUT2D eigenvalue weighted by Crippen LogP contribution is 2.54. The topological polar surface area (TPSA) is 31.0 Å². The van der Waals surface area contributed by atoms with Gasteiger partial charge in [-0.3, -0.25) is 0 Å². The summed E-state index contributed by atoms with van der Waals surface area (Å²) in [6.07, 6.45) is 2.65. The molecule has 134 valence electrons. The number of ether oxygens (including phenoxy) is 2. The molecule has 2 fully saturated rings. The van der Waals surface area contributed by atoms with Crippen molar-refractivity contribution in [3.8, 4) is 0 Å². The molecule has 1 aromatic rings. The first-order chi connectivity index (χ1) is 11.2. The maximum atomic E-state index is 6.50. The van der Waals surface area contributed by atoms with Gasteiger partial charge in [-0.1, -0.05) is 45.0 Å². The van der Waals surface area contributed by atoms with Gasteiger partial charge < -0.3 is 13.9 Å². The van der Waals surface area contributed by atoms with E-state index in [0.717, 1.165) is 6.61 Å². The van der Waals surface area contributed by atoms with Crippen LogP contribution in [0.15, 0.2) is 24.3 Å². The second-order valence-corrected chi connectivity index (χ2v) is 13.6. The Bertz CT molecular complexity index is 571. The first kappa shape index (κ1) is 18.1. The zero-order valence-electron chi connectivity index (χ0n) is 16.0. The van der Waals surface area contributed by atoms with Crippen LogP contribution >= 0.6 is 0 Å². The van der Waals surface area contributed by atoms with Crippen LogP contribution in [0, 0.1) is 5.92 Å². The number of hydrogen-bond acceptors (Lipinski definition) is 3. The monoisotopic (exact) mass is 348 g/mol. The summed E-state index contributed by atoms with van der Waals surface area (Å²) < 4.78 is 18.4. The van der Waals surface area contributed by atoms with Gasteiger partial charge in [0.2, 0.25) is 0 Å². The van der Waals surface area contributed by atoms with Crippen molar-refractivity contribution in [3.63, 3.8) is 0 Å². The van der Waals surface area contributed by atoms with E-state index in [2.05, 4.69) is 58.1 Å². The highest BCUT2D eigenvalue weighted by molar-refractivity contribution is 6.74.